The zero-order chi connectivity index (χ0) is 18.8. The van der Waals surface area contributed by atoms with Crippen molar-refractivity contribution in [1.82, 2.24) is 10.6 Å². The van der Waals surface area contributed by atoms with Crippen LogP contribution in [-0.2, 0) is 4.79 Å². The minimum Gasteiger partial charge on any atom is -0.508 e. The third-order valence-corrected chi connectivity index (χ3v) is 4.94. The number of benzene rings is 2. The van der Waals surface area contributed by atoms with E-state index >= 15 is 0 Å². The van der Waals surface area contributed by atoms with Gasteiger partial charge in [-0.05, 0) is 49.4 Å². The van der Waals surface area contributed by atoms with Gasteiger partial charge in [-0.25, -0.2) is 4.79 Å². The quantitative estimate of drug-likeness (QED) is 0.531. The van der Waals surface area contributed by atoms with Crippen molar-refractivity contribution in [3.05, 3.63) is 68.2 Å². The maximum atomic E-state index is 12.9. The number of carbonyl (C=O) groups excluding carboxylic acids is 2. The van der Waals surface area contributed by atoms with Gasteiger partial charge in [0, 0.05) is 25.9 Å². The van der Waals surface area contributed by atoms with Crippen LogP contribution in [0.4, 0.5) is 10.5 Å². The number of allylic oxidation sites excluding steroid dienone is 1. The van der Waals surface area contributed by atoms with Crippen molar-refractivity contribution in [2.75, 3.05) is 5.32 Å². The molecule has 3 amide bonds. The predicted octanol–water partition coefficient (Wildman–Crippen LogP) is 4.18. The standard InChI is InChI=1S/C18H15Br2N3O3/c1-9-15(17(25)22-12-5-2-10(19)3-6-12)16(23-18(26)21-9)13-8-11(20)4-7-14(13)24/h2-8,16,24H,1H3,(H,22,25)(H2,21,23,26). The molecule has 4 N–H and O–H groups in total. The number of phenols is 1. The van der Waals surface area contributed by atoms with E-state index in [9.17, 15) is 14.7 Å². The average Bonchev–Trinajstić information content (AvgIpc) is 2.58. The molecule has 134 valence electrons. The van der Waals surface area contributed by atoms with E-state index in [0.717, 1.165) is 8.95 Å². The van der Waals surface area contributed by atoms with Gasteiger partial charge in [-0.1, -0.05) is 31.9 Å². The molecule has 1 aliphatic rings. The molecule has 1 unspecified atom stereocenters. The first-order valence-corrected chi connectivity index (χ1v) is 9.27. The van der Waals surface area contributed by atoms with E-state index in [1.165, 1.54) is 6.07 Å². The summed E-state index contributed by atoms with van der Waals surface area (Å²) in [6, 6.07) is 10.8. The smallest absolute Gasteiger partial charge is 0.319 e. The molecule has 26 heavy (non-hydrogen) atoms. The van der Waals surface area contributed by atoms with Gasteiger partial charge in [0.05, 0.1) is 11.6 Å². The lowest BCUT2D eigenvalue weighted by Gasteiger charge is -2.29. The molecule has 8 heteroatoms. The van der Waals surface area contributed by atoms with E-state index in [1.54, 1.807) is 31.2 Å². The Labute approximate surface area is 166 Å². The molecule has 0 saturated carbocycles. The number of hydrogen-bond acceptors (Lipinski definition) is 3. The second-order valence-corrected chi connectivity index (χ2v) is 7.57. The molecular formula is C18H15Br2N3O3. The Balaban J connectivity index is 1.98. The van der Waals surface area contributed by atoms with Crippen molar-refractivity contribution >= 4 is 49.5 Å². The van der Waals surface area contributed by atoms with E-state index in [1.807, 2.05) is 12.1 Å². The second-order valence-electron chi connectivity index (χ2n) is 5.73. The van der Waals surface area contributed by atoms with Crippen LogP contribution in [0.2, 0.25) is 0 Å². The van der Waals surface area contributed by atoms with Gasteiger partial charge in [0.15, 0.2) is 0 Å². The van der Waals surface area contributed by atoms with E-state index in [0.29, 0.717) is 22.5 Å². The van der Waals surface area contributed by atoms with Crippen molar-refractivity contribution in [2.24, 2.45) is 0 Å². The summed E-state index contributed by atoms with van der Waals surface area (Å²) >= 11 is 6.70. The number of phenolic OH excluding ortho intramolecular Hbond substituents is 1. The molecule has 2 aromatic carbocycles. The Kier molecular flexibility index (Phi) is 5.33. The molecule has 1 heterocycles. The van der Waals surface area contributed by atoms with Gasteiger partial charge in [-0.2, -0.15) is 0 Å². The number of aromatic hydroxyl groups is 1. The van der Waals surface area contributed by atoms with E-state index in [4.69, 9.17) is 0 Å². The summed E-state index contributed by atoms with van der Waals surface area (Å²) in [5.74, 6) is -0.385. The zero-order valence-corrected chi connectivity index (χ0v) is 16.8. The lowest BCUT2D eigenvalue weighted by Crippen LogP contribution is -2.46. The number of carbonyl (C=O) groups is 2. The summed E-state index contributed by atoms with van der Waals surface area (Å²) in [7, 11) is 0. The topological polar surface area (TPSA) is 90.5 Å². The van der Waals surface area contributed by atoms with E-state index in [2.05, 4.69) is 47.8 Å². The molecule has 0 saturated heterocycles. The lowest BCUT2D eigenvalue weighted by atomic mass is 9.94. The van der Waals surface area contributed by atoms with Crippen LogP contribution in [-0.4, -0.2) is 17.0 Å². The summed E-state index contributed by atoms with van der Waals surface area (Å²) in [4.78, 5) is 24.8. The number of nitrogens with one attached hydrogen (secondary N) is 3. The van der Waals surface area contributed by atoms with Crippen LogP contribution >= 0.6 is 31.9 Å². The number of halogens is 2. The van der Waals surface area contributed by atoms with Gasteiger partial charge < -0.3 is 21.1 Å². The molecule has 0 fully saturated rings. The van der Waals surface area contributed by atoms with Gasteiger partial charge in [0.25, 0.3) is 5.91 Å². The molecule has 1 atom stereocenters. The Hall–Kier alpha value is -2.32. The average molecular weight is 481 g/mol. The molecular weight excluding hydrogens is 466 g/mol. The number of amides is 3. The van der Waals surface area contributed by atoms with Crippen LogP contribution in [0.1, 0.15) is 18.5 Å². The molecule has 3 rings (SSSR count). The fourth-order valence-electron chi connectivity index (χ4n) is 2.72. The molecule has 0 radical (unpaired) electrons. The van der Waals surface area contributed by atoms with Crippen LogP contribution < -0.4 is 16.0 Å². The van der Waals surface area contributed by atoms with Gasteiger partial charge in [0.1, 0.15) is 5.75 Å². The Morgan fingerprint density at radius 3 is 2.46 bits per heavy atom. The lowest BCUT2D eigenvalue weighted by molar-refractivity contribution is -0.113. The Morgan fingerprint density at radius 1 is 1.12 bits per heavy atom. The minimum absolute atomic E-state index is 0.0119. The minimum atomic E-state index is -0.781. The fraction of sp³-hybridized carbons (Fsp3) is 0.111. The van der Waals surface area contributed by atoms with Crippen LogP contribution in [0.25, 0.3) is 0 Å². The van der Waals surface area contributed by atoms with Gasteiger partial charge in [-0.15, -0.1) is 0 Å². The first kappa shape index (κ1) is 18.5. The largest absolute Gasteiger partial charge is 0.508 e. The van der Waals surface area contributed by atoms with Gasteiger partial charge in [-0.3, -0.25) is 4.79 Å². The van der Waals surface area contributed by atoms with Gasteiger partial charge in [0.2, 0.25) is 0 Å². The van der Waals surface area contributed by atoms with Crippen LogP contribution in [0.3, 0.4) is 0 Å². The molecule has 6 nitrogen and oxygen atoms in total. The molecule has 0 aliphatic carbocycles. The monoisotopic (exact) mass is 479 g/mol. The van der Waals surface area contributed by atoms with Crippen LogP contribution in [0, 0.1) is 0 Å². The summed E-state index contributed by atoms with van der Waals surface area (Å²) in [5.41, 5.74) is 1.79. The summed E-state index contributed by atoms with van der Waals surface area (Å²) in [6.45, 7) is 1.65. The Morgan fingerprint density at radius 2 is 1.77 bits per heavy atom. The second kappa shape index (κ2) is 7.51. The number of rotatable bonds is 3. The highest BCUT2D eigenvalue weighted by molar-refractivity contribution is 9.10. The first-order valence-electron chi connectivity index (χ1n) is 7.69. The summed E-state index contributed by atoms with van der Waals surface area (Å²) < 4.78 is 1.62. The normalized spacial score (nSPS) is 16.7. The number of hydrogen-bond donors (Lipinski definition) is 4. The highest BCUT2D eigenvalue weighted by Gasteiger charge is 2.32. The van der Waals surface area contributed by atoms with E-state index in [-0.39, 0.29) is 11.7 Å². The third-order valence-electron chi connectivity index (χ3n) is 3.92. The SMILES string of the molecule is CC1=C(C(=O)Nc2ccc(Br)cc2)C(c2cc(Br)ccc2O)NC(=O)N1. The third kappa shape index (κ3) is 3.91. The molecule has 1 aliphatic heterocycles. The maximum absolute atomic E-state index is 12.9. The van der Waals surface area contributed by atoms with Crippen LogP contribution in [0.15, 0.2) is 62.7 Å². The molecule has 0 bridgehead atoms. The van der Waals surface area contributed by atoms with Crippen molar-refractivity contribution in [3.8, 4) is 5.75 Å². The Bertz CT molecular complexity index is 910. The first-order chi connectivity index (χ1) is 12.3. The number of anilines is 1. The van der Waals surface area contributed by atoms with Crippen molar-refractivity contribution < 1.29 is 14.7 Å². The van der Waals surface area contributed by atoms with Gasteiger partial charge >= 0.3 is 6.03 Å². The highest BCUT2D eigenvalue weighted by Crippen LogP contribution is 2.34. The molecule has 2 aromatic rings. The van der Waals surface area contributed by atoms with E-state index < -0.39 is 12.1 Å². The summed E-state index contributed by atoms with van der Waals surface area (Å²) in [5, 5.41) is 18.3. The maximum Gasteiger partial charge on any atom is 0.319 e. The fourth-order valence-corrected chi connectivity index (χ4v) is 3.36. The van der Waals surface area contributed by atoms with Crippen molar-refractivity contribution in [1.29, 1.82) is 0 Å². The predicted molar refractivity (Wildman–Crippen MR) is 106 cm³/mol. The zero-order valence-electron chi connectivity index (χ0n) is 13.6. The number of urea groups is 1. The van der Waals surface area contributed by atoms with Crippen molar-refractivity contribution in [3.63, 3.8) is 0 Å². The van der Waals surface area contributed by atoms with Crippen LogP contribution in [0.5, 0.6) is 5.75 Å². The van der Waals surface area contributed by atoms with Crippen molar-refractivity contribution in [2.45, 2.75) is 13.0 Å². The molecule has 0 aromatic heterocycles. The highest BCUT2D eigenvalue weighted by atomic mass is 79.9. The summed E-state index contributed by atoms with van der Waals surface area (Å²) in [6.07, 6.45) is 0. The molecule has 0 spiro atoms.